The van der Waals surface area contributed by atoms with E-state index < -0.39 is 5.60 Å². The van der Waals surface area contributed by atoms with Gasteiger partial charge < -0.3 is 15.8 Å². The van der Waals surface area contributed by atoms with Crippen LogP contribution in [0.1, 0.15) is 18.2 Å². The van der Waals surface area contributed by atoms with Crippen LogP contribution in [0, 0.1) is 11.8 Å². The van der Waals surface area contributed by atoms with Gasteiger partial charge in [-0.3, -0.25) is 0 Å². The Hall–Kier alpha value is -3.63. The molecule has 128 valence electrons. The minimum absolute atomic E-state index is 0.184. The molecule has 0 bridgehead atoms. The van der Waals surface area contributed by atoms with Crippen LogP contribution in [0.25, 0.3) is 16.7 Å². The van der Waals surface area contributed by atoms with Crippen molar-refractivity contribution in [2.45, 2.75) is 12.5 Å². The summed E-state index contributed by atoms with van der Waals surface area (Å²) < 4.78 is 1.68. The van der Waals surface area contributed by atoms with Crippen molar-refractivity contribution in [3.05, 3.63) is 66.2 Å². The quantitative estimate of drug-likeness (QED) is 0.482. The summed E-state index contributed by atoms with van der Waals surface area (Å²) in [5.74, 6) is 6.69. The van der Waals surface area contributed by atoms with E-state index in [9.17, 15) is 5.11 Å². The number of nitrogens with zero attached hydrogens (tertiary/aromatic N) is 4. The van der Waals surface area contributed by atoms with Gasteiger partial charge in [-0.1, -0.05) is 11.8 Å². The Labute approximate surface area is 149 Å². The van der Waals surface area contributed by atoms with Gasteiger partial charge in [0, 0.05) is 29.4 Å². The highest BCUT2D eigenvalue weighted by Crippen LogP contribution is 2.20. The van der Waals surface area contributed by atoms with Gasteiger partial charge in [0.2, 0.25) is 5.95 Å². The molecule has 1 unspecified atom stereocenters. The molecule has 0 saturated carbocycles. The zero-order chi connectivity index (χ0) is 18.1. The summed E-state index contributed by atoms with van der Waals surface area (Å²) in [6.45, 7) is 1.65. The standard InChI is InChI=1S/C19H16N6O/c1-19(26,16-3-2-9-21-16)8-6-13-4-5-14-12-23-25(15(14)11-13)17-7-10-22-18(20)24-17/h2-5,7,9-12,21,26H,1H3,(H2,20,22,24). The summed E-state index contributed by atoms with van der Waals surface area (Å²) in [5, 5.41) is 15.8. The maximum absolute atomic E-state index is 10.5. The molecular formula is C19H16N6O. The number of hydrogen-bond donors (Lipinski definition) is 3. The number of nitrogen functional groups attached to an aromatic ring is 1. The molecule has 1 aromatic carbocycles. The smallest absolute Gasteiger partial charge is 0.221 e. The molecule has 4 rings (SSSR count). The maximum atomic E-state index is 10.5. The third kappa shape index (κ3) is 2.90. The number of aliphatic hydroxyl groups is 1. The van der Waals surface area contributed by atoms with Gasteiger partial charge in [0.25, 0.3) is 0 Å². The molecule has 0 spiro atoms. The van der Waals surface area contributed by atoms with Crippen molar-refractivity contribution < 1.29 is 5.11 Å². The molecule has 4 aromatic rings. The number of nitrogens with one attached hydrogen (secondary N) is 1. The largest absolute Gasteiger partial charge is 0.372 e. The van der Waals surface area contributed by atoms with Crippen LogP contribution in [-0.4, -0.2) is 29.8 Å². The van der Waals surface area contributed by atoms with Crippen LogP contribution < -0.4 is 5.73 Å². The van der Waals surface area contributed by atoms with E-state index in [4.69, 9.17) is 5.73 Å². The molecule has 3 aromatic heterocycles. The van der Waals surface area contributed by atoms with E-state index in [1.807, 2.05) is 24.3 Å². The molecule has 0 amide bonds. The second kappa shape index (κ2) is 6.02. The molecule has 4 N–H and O–H groups in total. The second-order valence-corrected chi connectivity index (χ2v) is 6.01. The Morgan fingerprint density at radius 3 is 2.92 bits per heavy atom. The minimum Gasteiger partial charge on any atom is -0.372 e. The molecule has 0 saturated heterocycles. The van der Waals surface area contributed by atoms with E-state index in [1.165, 1.54) is 0 Å². The molecule has 7 heteroatoms. The Balaban J connectivity index is 1.75. The number of anilines is 1. The topological polar surface area (TPSA) is 106 Å². The number of nitrogens with two attached hydrogens (primary N) is 1. The highest BCUT2D eigenvalue weighted by Gasteiger charge is 2.20. The number of H-pyrrole nitrogens is 1. The van der Waals surface area contributed by atoms with Gasteiger partial charge in [0.15, 0.2) is 11.4 Å². The first-order valence-corrected chi connectivity index (χ1v) is 7.99. The van der Waals surface area contributed by atoms with Gasteiger partial charge in [0.05, 0.1) is 17.4 Å². The van der Waals surface area contributed by atoms with E-state index in [-0.39, 0.29) is 5.95 Å². The summed E-state index contributed by atoms with van der Waals surface area (Å²) in [5.41, 5.74) is 6.65. The van der Waals surface area contributed by atoms with E-state index >= 15 is 0 Å². The monoisotopic (exact) mass is 344 g/mol. The van der Waals surface area contributed by atoms with E-state index in [0.29, 0.717) is 11.5 Å². The Bertz CT molecular complexity index is 1130. The number of aromatic amines is 1. The summed E-state index contributed by atoms with van der Waals surface area (Å²) in [7, 11) is 0. The number of rotatable bonds is 2. The summed E-state index contributed by atoms with van der Waals surface area (Å²) in [6, 6.07) is 11.1. The zero-order valence-corrected chi connectivity index (χ0v) is 14.0. The predicted molar refractivity (Wildman–Crippen MR) is 98.3 cm³/mol. The summed E-state index contributed by atoms with van der Waals surface area (Å²) in [4.78, 5) is 11.1. The SMILES string of the molecule is CC(O)(C#Cc1ccc2cnn(-c3ccnc(N)n3)c2c1)c1ccc[nH]1. The van der Waals surface area contributed by atoms with Crippen molar-refractivity contribution in [3.63, 3.8) is 0 Å². The van der Waals surface area contributed by atoms with Crippen molar-refractivity contribution in [3.8, 4) is 17.7 Å². The molecule has 26 heavy (non-hydrogen) atoms. The van der Waals surface area contributed by atoms with Crippen LogP contribution in [0.5, 0.6) is 0 Å². The normalized spacial score (nSPS) is 13.2. The van der Waals surface area contributed by atoms with Crippen LogP contribution in [0.3, 0.4) is 0 Å². The minimum atomic E-state index is -1.26. The first-order chi connectivity index (χ1) is 12.5. The van der Waals surface area contributed by atoms with Gasteiger partial charge in [-0.2, -0.15) is 10.1 Å². The lowest BCUT2D eigenvalue weighted by Crippen LogP contribution is -2.18. The van der Waals surface area contributed by atoms with Crippen molar-refractivity contribution in [2.24, 2.45) is 0 Å². The van der Waals surface area contributed by atoms with Crippen LogP contribution >= 0.6 is 0 Å². The maximum Gasteiger partial charge on any atom is 0.221 e. The zero-order valence-electron chi connectivity index (χ0n) is 14.0. The van der Waals surface area contributed by atoms with Crippen LogP contribution in [0.2, 0.25) is 0 Å². The highest BCUT2D eigenvalue weighted by molar-refractivity contribution is 5.81. The van der Waals surface area contributed by atoms with Gasteiger partial charge in [-0.15, -0.1) is 0 Å². The fourth-order valence-electron chi connectivity index (χ4n) is 2.65. The highest BCUT2D eigenvalue weighted by atomic mass is 16.3. The molecule has 1 atom stereocenters. The molecule has 0 aliphatic rings. The van der Waals surface area contributed by atoms with Crippen LogP contribution in [0.15, 0.2) is 55.0 Å². The van der Waals surface area contributed by atoms with E-state index in [0.717, 1.165) is 16.5 Å². The van der Waals surface area contributed by atoms with E-state index in [2.05, 4.69) is 31.9 Å². The first kappa shape index (κ1) is 15.9. The van der Waals surface area contributed by atoms with Crippen molar-refractivity contribution in [2.75, 3.05) is 5.73 Å². The third-order valence-electron chi connectivity index (χ3n) is 4.02. The fourth-order valence-corrected chi connectivity index (χ4v) is 2.65. The van der Waals surface area contributed by atoms with Gasteiger partial charge in [-0.05, 0) is 37.3 Å². The number of benzene rings is 1. The van der Waals surface area contributed by atoms with Crippen molar-refractivity contribution >= 4 is 16.9 Å². The number of hydrogen-bond acceptors (Lipinski definition) is 5. The van der Waals surface area contributed by atoms with Crippen molar-refractivity contribution in [1.82, 2.24) is 24.7 Å². The Morgan fingerprint density at radius 2 is 2.15 bits per heavy atom. The van der Waals surface area contributed by atoms with Crippen LogP contribution in [-0.2, 0) is 5.60 Å². The molecule has 0 aliphatic carbocycles. The van der Waals surface area contributed by atoms with Crippen LogP contribution in [0.4, 0.5) is 5.95 Å². The molecule has 0 fully saturated rings. The summed E-state index contributed by atoms with van der Waals surface area (Å²) in [6.07, 6.45) is 5.09. The lowest BCUT2D eigenvalue weighted by molar-refractivity contribution is 0.118. The average molecular weight is 344 g/mol. The third-order valence-corrected chi connectivity index (χ3v) is 4.02. The molecule has 7 nitrogen and oxygen atoms in total. The number of aromatic nitrogens is 5. The molecule has 0 radical (unpaired) electrons. The second-order valence-electron chi connectivity index (χ2n) is 6.01. The van der Waals surface area contributed by atoms with E-state index in [1.54, 1.807) is 42.3 Å². The number of fused-ring (bicyclic) bond motifs is 1. The lowest BCUT2D eigenvalue weighted by Gasteiger charge is -2.14. The summed E-state index contributed by atoms with van der Waals surface area (Å²) >= 11 is 0. The average Bonchev–Trinajstić information content (AvgIpc) is 3.30. The van der Waals surface area contributed by atoms with Crippen molar-refractivity contribution in [1.29, 1.82) is 0 Å². The van der Waals surface area contributed by atoms with Gasteiger partial charge in [-0.25, -0.2) is 9.67 Å². The lowest BCUT2D eigenvalue weighted by atomic mass is 10.0. The van der Waals surface area contributed by atoms with Gasteiger partial charge >= 0.3 is 0 Å². The Morgan fingerprint density at radius 1 is 1.27 bits per heavy atom. The first-order valence-electron chi connectivity index (χ1n) is 7.99. The fraction of sp³-hybridized carbons (Fsp3) is 0.105. The predicted octanol–water partition coefficient (Wildman–Crippen LogP) is 1.98. The molecular weight excluding hydrogens is 328 g/mol. The Kier molecular flexibility index (Phi) is 3.68. The molecule has 0 aliphatic heterocycles. The molecule has 3 heterocycles. The van der Waals surface area contributed by atoms with Gasteiger partial charge in [0.1, 0.15) is 0 Å².